The van der Waals surface area contributed by atoms with Crippen LogP contribution in [-0.4, -0.2) is 29.8 Å². The van der Waals surface area contributed by atoms with Crippen LogP contribution in [0.5, 0.6) is 0 Å². The first-order valence-electron chi connectivity index (χ1n) is 4.33. The van der Waals surface area contributed by atoms with E-state index in [4.69, 9.17) is 9.84 Å². The monoisotopic (exact) mass is 205 g/mol. The Morgan fingerprint density at radius 2 is 2.33 bits per heavy atom. The molecule has 1 rings (SSSR count). The largest absolute Gasteiger partial charge is 0.477 e. The van der Waals surface area contributed by atoms with E-state index in [1.807, 2.05) is 0 Å². The van der Waals surface area contributed by atoms with Gasteiger partial charge in [0, 0.05) is 18.4 Å². The number of pyridine rings is 1. The molecule has 0 saturated heterocycles. The van der Waals surface area contributed by atoms with Gasteiger partial charge in [0.2, 0.25) is 0 Å². The smallest absolute Gasteiger partial charge is 0.354 e. The molecule has 1 aromatic heterocycles. The van der Waals surface area contributed by atoms with Crippen molar-refractivity contribution in [3.05, 3.63) is 29.1 Å². The Balaban J connectivity index is 3.00. The molecular weight excluding hydrogens is 194 g/mol. The van der Waals surface area contributed by atoms with Gasteiger partial charge in [0.1, 0.15) is 12.3 Å². The molecule has 0 bridgehead atoms. The van der Waals surface area contributed by atoms with Crippen molar-refractivity contribution in [3.8, 4) is 11.8 Å². The highest BCUT2D eigenvalue weighted by atomic mass is 16.5. The Morgan fingerprint density at radius 3 is 2.93 bits per heavy atom. The van der Waals surface area contributed by atoms with Gasteiger partial charge in [-0.05, 0) is 19.1 Å². The van der Waals surface area contributed by atoms with E-state index in [1.54, 1.807) is 20.1 Å². The second-order valence-electron chi connectivity index (χ2n) is 2.92. The lowest BCUT2D eigenvalue weighted by Gasteiger charge is -1.97. The SMILES string of the molecule is COCC#Cc1cc(C)nc(C(=O)O)c1. The van der Waals surface area contributed by atoms with Crippen molar-refractivity contribution >= 4 is 5.97 Å². The van der Waals surface area contributed by atoms with Crippen molar-refractivity contribution in [1.29, 1.82) is 0 Å². The van der Waals surface area contributed by atoms with Crippen LogP contribution in [0, 0.1) is 18.8 Å². The summed E-state index contributed by atoms with van der Waals surface area (Å²) in [6.45, 7) is 2.05. The van der Waals surface area contributed by atoms with Crippen LogP contribution < -0.4 is 0 Å². The Bertz CT molecular complexity index is 429. The maximum Gasteiger partial charge on any atom is 0.354 e. The standard InChI is InChI=1S/C11H11NO3/c1-8-6-9(4-3-5-15-2)7-10(12-8)11(13)14/h6-7H,5H2,1-2H3,(H,13,14). The average molecular weight is 205 g/mol. The minimum absolute atomic E-state index is 0.0108. The minimum Gasteiger partial charge on any atom is -0.477 e. The van der Waals surface area contributed by atoms with Gasteiger partial charge in [-0.1, -0.05) is 11.8 Å². The number of aryl methyl sites for hydroxylation is 1. The third-order valence-corrected chi connectivity index (χ3v) is 1.62. The molecule has 0 aromatic carbocycles. The van der Waals surface area contributed by atoms with Crippen LogP contribution in [-0.2, 0) is 4.74 Å². The molecule has 0 unspecified atom stereocenters. The quantitative estimate of drug-likeness (QED) is 0.734. The highest BCUT2D eigenvalue weighted by Crippen LogP contribution is 2.04. The maximum absolute atomic E-state index is 10.7. The van der Waals surface area contributed by atoms with Crippen LogP contribution in [0.4, 0.5) is 0 Å². The average Bonchev–Trinajstić information content (AvgIpc) is 2.17. The lowest BCUT2D eigenvalue weighted by atomic mass is 10.2. The summed E-state index contributed by atoms with van der Waals surface area (Å²) in [7, 11) is 1.55. The van der Waals surface area contributed by atoms with Crippen molar-refractivity contribution in [2.45, 2.75) is 6.92 Å². The van der Waals surface area contributed by atoms with Gasteiger partial charge in [-0.2, -0.15) is 0 Å². The molecule has 15 heavy (non-hydrogen) atoms. The molecule has 4 heteroatoms. The molecule has 0 atom stereocenters. The summed E-state index contributed by atoms with van der Waals surface area (Å²) < 4.78 is 4.77. The molecule has 0 spiro atoms. The zero-order valence-electron chi connectivity index (χ0n) is 8.57. The van der Waals surface area contributed by atoms with Crippen molar-refractivity contribution in [2.75, 3.05) is 13.7 Å². The molecular formula is C11H11NO3. The molecule has 0 aliphatic carbocycles. The fraction of sp³-hybridized carbons (Fsp3) is 0.273. The summed E-state index contributed by atoms with van der Waals surface area (Å²) in [5.41, 5.74) is 1.28. The highest BCUT2D eigenvalue weighted by Gasteiger charge is 2.05. The fourth-order valence-corrected chi connectivity index (χ4v) is 1.06. The molecule has 1 heterocycles. The molecule has 0 aliphatic heterocycles. The van der Waals surface area contributed by atoms with Crippen molar-refractivity contribution < 1.29 is 14.6 Å². The van der Waals surface area contributed by atoms with Crippen LogP contribution in [0.1, 0.15) is 21.7 Å². The van der Waals surface area contributed by atoms with Crippen molar-refractivity contribution in [3.63, 3.8) is 0 Å². The van der Waals surface area contributed by atoms with Crippen molar-refractivity contribution in [1.82, 2.24) is 4.98 Å². The van der Waals surface area contributed by atoms with E-state index in [0.717, 1.165) is 0 Å². The summed E-state index contributed by atoms with van der Waals surface area (Å²) in [4.78, 5) is 14.6. The molecule has 4 nitrogen and oxygen atoms in total. The fourth-order valence-electron chi connectivity index (χ4n) is 1.06. The normalized spacial score (nSPS) is 9.20. The summed E-state index contributed by atoms with van der Waals surface area (Å²) in [6, 6.07) is 3.17. The molecule has 0 radical (unpaired) electrons. The van der Waals surface area contributed by atoms with E-state index in [1.165, 1.54) is 6.07 Å². The molecule has 0 saturated carbocycles. The van der Waals surface area contributed by atoms with Gasteiger partial charge < -0.3 is 9.84 Å². The van der Waals surface area contributed by atoms with E-state index < -0.39 is 5.97 Å². The van der Waals surface area contributed by atoms with Crippen LogP contribution in [0.15, 0.2) is 12.1 Å². The molecule has 0 amide bonds. The zero-order chi connectivity index (χ0) is 11.3. The molecule has 0 fully saturated rings. The number of carbonyl (C=O) groups is 1. The molecule has 1 N–H and O–H groups in total. The van der Waals surface area contributed by atoms with Gasteiger partial charge in [-0.25, -0.2) is 9.78 Å². The number of aromatic nitrogens is 1. The number of rotatable bonds is 2. The van der Waals surface area contributed by atoms with E-state index in [2.05, 4.69) is 16.8 Å². The van der Waals surface area contributed by atoms with Gasteiger partial charge >= 0.3 is 5.97 Å². The van der Waals surface area contributed by atoms with E-state index >= 15 is 0 Å². The third-order valence-electron chi connectivity index (χ3n) is 1.62. The van der Waals surface area contributed by atoms with Gasteiger partial charge in [0.25, 0.3) is 0 Å². The molecule has 0 aliphatic rings. The first kappa shape index (κ1) is 11.2. The molecule has 78 valence electrons. The van der Waals surface area contributed by atoms with Gasteiger partial charge in [-0.15, -0.1) is 0 Å². The predicted molar refractivity (Wildman–Crippen MR) is 54.7 cm³/mol. The number of aromatic carboxylic acids is 1. The number of carboxylic acids is 1. The summed E-state index contributed by atoms with van der Waals surface area (Å²) in [5.74, 6) is 4.51. The first-order chi connectivity index (χ1) is 7.13. The summed E-state index contributed by atoms with van der Waals surface area (Å²) in [6.07, 6.45) is 0. The first-order valence-corrected chi connectivity index (χ1v) is 4.33. The highest BCUT2D eigenvalue weighted by molar-refractivity contribution is 5.85. The minimum atomic E-state index is -1.05. The van der Waals surface area contributed by atoms with Gasteiger partial charge in [0.05, 0.1) is 0 Å². The second kappa shape index (κ2) is 5.13. The number of hydrogen-bond acceptors (Lipinski definition) is 3. The number of carboxylic acid groups (broad SMARTS) is 1. The van der Waals surface area contributed by atoms with E-state index in [0.29, 0.717) is 17.9 Å². The van der Waals surface area contributed by atoms with Crippen molar-refractivity contribution in [2.24, 2.45) is 0 Å². The number of nitrogens with zero attached hydrogens (tertiary/aromatic N) is 1. The Labute approximate surface area is 87.9 Å². The Hall–Kier alpha value is -1.86. The number of ether oxygens (including phenoxy) is 1. The topological polar surface area (TPSA) is 59.4 Å². The summed E-state index contributed by atoms with van der Waals surface area (Å²) in [5, 5.41) is 8.77. The number of hydrogen-bond donors (Lipinski definition) is 1. The second-order valence-corrected chi connectivity index (χ2v) is 2.92. The predicted octanol–water partition coefficient (Wildman–Crippen LogP) is 1.09. The third kappa shape index (κ3) is 3.41. The maximum atomic E-state index is 10.7. The Morgan fingerprint density at radius 1 is 1.60 bits per heavy atom. The zero-order valence-corrected chi connectivity index (χ0v) is 8.57. The lowest BCUT2D eigenvalue weighted by molar-refractivity contribution is 0.0690. The van der Waals surface area contributed by atoms with E-state index in [9.17, 15) is 4.79 Å². The van der Waals surface area contributed by atoms with Crippen LogP contribution in [0.3, 0.4) is 0 Å². The molecule has 1 aromatic rings. The van der Waals surface area contributed by atoms with Gasteiger partial charge in [0.15, 0.2) is 0 Å². The van der Waals surface area contributed by atoms with Crippen LogP contribution >= 0.6 is 0 Å². The summed E-state index contributed by atoms with van der Waals surface area (Å²) >= 11 is 0. The van der Waals surface area contributed by atoms with Crippen LogP contribution in [0.25, 0.3) is 0 Å². The Kier molecular flexibility index (Phi) is 3.83. The van der Waals surface area contributed by atoms with Gasteiger partial charge in [-0.3, -0.25) is 0 Å². The van der Waals surface area contributed by atoms with Crippen LogP contribution in [0.2, 0.25) is 0 Å². The lowest BCUT2D eigenvalue weighted by Crippen LogP contribution is -2.02. The van der Waals surface area contributed by atoms with E-state index in [-0.39, 0.29) is 5.69 Å². The number of methoxy groups -OCH3 is 1.